The van der Waals surface area contributed by atoms with Gasteiger partial charge < -0.3 is 10.6 Å². The highest BCUT2D eigenvalue weighted by molar-refractivity contribution is 5.77. The minimum absolute atomic E-state index is 0.161. The van der Waals surface area contributed by atoms with E-state index in [0.29, 0.717) is 13.1 Å². The number of nitrogens with zero attached hydrogens (tertiary/aromatic N) is 2. The predicted molar refractivity (Wildman–Crippen MR) is 83.4 cm³/mol. The van der Waals surface area contributed by atoms with Crippen molar-refractivity contribution in [1.29, 1.82) is 0 Å². The summed E-state index contributed by atoms with van der Waals surface area (Å²) in [6.45, 7) is 7.70. The summed E-state index contributed by atoms with van der Waals surface area (Å²) in [5.41, 5.74) is 8.03. The summed E-state index contributed by atoms with van der Waals surface area (Å²) in [4.78, 5) is 16.1. The molecule has 0 heterocycles. The second-order valence-electron chi connectivity index (χ2n) is 5.19. The Hall–Kier alpha value is -1.39. The standard InChI is InChI=1S/C16H27N3O/c1-4-19(12-15-9-6-5-8-14(15)2)13-16(20)18(3)11-7-10-17/h5-6,8-9H,4,7,10-13,17H2,1-3H3. The molecule has 1 rings (SSSR count). The first kappa shape index (κ1) is 16.7. The molecule has 0 aliphatic carbocycles. The Morgan fingerprint density at radius 3 is 2.60 bits per heavy atom. The number of aryl methyl sites for hydroxylation is 1. The van der Waals surface area contributed by atoms with Crippen LogP contribution in [-0.2, 0) is 11.3 Å². The van der Waals surface area contributed by atoms with Crippen LogP contribution in [-0.4, -0.2) is 48.9 Å². The van der Waals surface area contributed by atoms with Gasteiger partial charge in [-0.2, -0.15) is 0 Å². The number of amides is 1. The van der Waals surface area contributed by atoms with Gasteiger partial charge in [0, 0.05) is 20.1 Å². The molecule has 0 unspecified atom stereocenters. The number of hydrogen-bond donors (Lipinski definition) is 1. The highest BCUT2D eigenvalue weighted by atomic mass is 16.2. The lowest BCUT2D eigenvalue weighted by Crippen LogP contribution is -2.39. The highest BCUT2D eigenvalue weighted by Gasteiger charge is 2.13. The molecule has 112 valence electrons. The molecule has 0 radical (unpaired) electrons. The molecule has 1 amide bonds. The largest absolute Gasteiger partial charge is 0.345 e. The molecule has 4 heteroatoms. The van der Waals surface area contributed by atoms with Gasteiger partial charge >= 0.3 is 0 Å². The lowest BCUT2D eigenvalue weighted by molar-refractivity contribution is -0.131. The first-order valence-corrected chi connectivity index (χ1v) is 7.29. The van der Waals surface area contributed by atoms with E-state index in [1.54, 1.807) is 4.90 Å². The molecule has 0 bridgehead atoms. The average Bonchev–Trinajstić information content (AvgIpc) is 2.45. The van der Waals surface area contributed by atoms with Crippen molar-refractivity contribution in [2.45, 2.75) is 26.8 Å². The highest BCUT2D eigenvalue weighted by Crippen LogP contribution is 2.10. The second kappa shape index (κ2) is 8.72. The average molecular weight is 277 g/mol. The molecule has 0 spiro atoms. The number of rotatable bonds is 8. The smallest absolute Gasteiger partial charge is 0.236 e. The van der Waals surface area contributed by atoms with Crippen molar-refractivity contribution in [3.05, 3.63) is 35.4 Å². The van der Waals surface area contributed by atoms with Gasteiger partial charge in [-0.05, 0) is 37.6 Å². The Morgan fingerprint density at radius 2 is 2.00 bits per heavy atom. The summed E-state index contributed by atoms with van der Waals surface area (Å²) in [5.74, 6) is 0.161. The van der Waals surface area contributed by atoms with Crippen LogP contribution in [0.15, 0.2) is 24.3 Å². The first-order chi connectivity index (χ1) is 9.58. The van der Waals surface area contributed by atoms with E-state index in [1.807, 2.05) is 19.2 Å². The normalized spacial score (nSPS) is 10.8. The third kappa shape index (κ3) is 5.31. The maximum Gasteiger partial charge on any atom is 0.236 e. The molecule has 0 aliphatic heterocycles. The van der Waals surface area contributed by atoms with Gasteiger partial charge in [0.05, 0.1) is 6.54 Å². The van der Waals surface area contributed by atoms with Crippen molar-refractivity contribution in [2.75, 3.05) is 33.2 Å². The predicted octanol–water partition coefficient (Wildman–Crippen LogP) is 1.62. The molecular formula is C16H27N3O. The van der Waals surface area contributed by atoms with Crippen molar-refractivity contribution < 1.29 is 4.79 Å². The van der Waals surface area contributed by atoms with E-state index in [1.165, 1.54) is 11.1 Å². The molecule has 0 saturated carbocycles. The third-order valence-electron chi connectivity index (χ3n) is 3.58. The minimum atomic E-state index is 0.161. The quantitative estimate of drug-likeness (QED) is 0.785. The summed E-state index contributed by atoms with van der Waals surface area (Å²) in [6.07, 6.45) is 0.853. The molecule has 0 aromatic heterocycles. The van der Waals surface area contributed by atoms with Crippen LogP contribution in [0.25, 0.3) is 0 Å². The summed E-state index contributed by atoms with van der Waals surface area (Å²) in [7, 11) is 1.85. The fourth-order valence-electron chi connectivity index (χ4n) is 2.07. The number of likely N-dealkylation sites (N-methyl/N-ethyl adjacent to an activating group) is 2. The van der Waals surface area contributed by atoms with Gasteiger partial charge in [-0.3, -0.25) is 9.69 Å². The monoisotopic (exact) mass is 277 g/mol. The van der Waals surface area contributed by atoms with Gasteiger partial charge in [0.15, 0.2) is 0 Å². The van der Waals surface area contributed by atoms with Crippen molar-refractivity contribution in [2.24, 2.45) is 5.73 Å². The summed E-state index contributed by atoms with van der Waals surface area (Å²) < 4.78 is 0. The van der Waals surface area contributed by atoms with Crippen molar-refractivity contribution in [1.82, 2.24) is 9.80 Å². The summed E-state index contributed by atoms with van der Waals surface area (Å²) in [6, 6.07) is 8.32. The molecule has 0 fully saturated rings. The van der Waals surface area contributed by atoms with E-state index in [0.717, 1.165) is 26.1 Å². The van der Waals surface area contributed by atoms with Crippen molar-refractivity contribution in [3.8, 4) is 0 Å². The molecular weight excluding hydrogens is 250 g/mol. The number of benzene rings is 1. The van der Waals surface area contributed by atoms with Crippen LogP contribution in [0, 0.1) is 6.92 Å². The van der Waals surface area contributed by atoms with Crippen LogP contribution in [0.5, 0.6) is 0 Å². The fourth-order valence-corrected chi connectivity index (χ4v) is 2.07. The fraction of sp³-hybridized carbons (Fsp3) is 0.562. The zero-order valence-electron chi connectivity index (χ0n) is 12.9. The summed E-state index contributed by atoms with van der Waals surface area (Å²) in [5, 5.41) is 0. The molecule has 20 heavy (non-hydrogen) atoms. The Bertz CT molecular complexity index is 420. The third-order valence-corrected chi connectivity index (χ3v) is 3.58. The van der Waals surface area contributed by atoms with Gasteiger partial charge in [0.2, 0.25) is 5.91 Å². The van der Waals surface area contributed by atoms with Gasteiger partial charge in [0.25, 0.3) is 0 Å². The number of hydrogen-bond acceptors (Lipinski definition) is 3. The van der Waals surface area contributed by atoms with Crippen LogP contribution in [0.4, 0.5) is 0 Å². The number of carbonyl (C=O) groups excluding carboxylic acids is 1. The number of carbonyl (C=O) groups is 1. The van der Waals surface area contributed by atoms with E-state index in [-0.39, 0.29) is 5.91 Å². The molecule has 0 aliphatic rings. The van der Waals surface area contributed by atoms with Gasteiger partial charge in [-0.1, -0.05) is 31.2 Å². The van der Waals surface area contributed by atoms with Gasteiger partial charge in [-0.25, -0.2) is 0 Å². The molecule has 1 aromatic carbocycles. The maximum absolute atomic E-state index is 12.1. The van der Waals surface area contributed by atoms with E-state index in [4.69, 9.17) is 5.73 Å². The Labute approximate surface area is 122 Å². The van der Waals surface area contributed by atoms with Crippen LogP contribution in [0.2, 0.25) is 0 Å². The van der Waals surface area contributed by atoms with E-state index < -0.39 is 0 Å². The van der Waals surface area contributed by atoms with E-state index in [9.17, 15) is 4.79 Å². The Balaban J connectivity index is 2.55. The zero-order chi connectivity index (χ0) is 15.0. The molecule has 0 saturated heterocycles. The molecule has 1 aromatic rings. The molecule has 4 nitrogen and oxygen atoms in total. The van der Waals surface area contributed by atoms with Crippen LogP contribution >= 0.6 is 0 Å². The lowest BCUT2D eigenvalue weighted by Gasteiger charge is -2.24. The van der Waals surface area contributed by atoms with E-state index in [2.05, 4.69) is 30.9 Å². The van der Waals surface area contributed by atoms with Crippen molar-refractivity contribution in [3.63, 3.8) is 0 Å². The maximum atomic E-state index is 12.1. The van der Waals surface area contributed by atoms with E-state index >= 15 is 0 Å². The van der Waals surface area contributed by atoms with Crippen molar-refractivity contribution >= 4 is 5.91 Å². The Kier molecular flexibility index (Phi) is 7.26. The first-order valence-electron chi connectivity index (χ1n) is 7.29. The Morgan fingerprint density at radius 1 is 1.30 bits per heavy atom. The van der Waals surface area contributed by atoms with Crippen LogP contribution < -0.4 is 5.73 Å². The molecule has 0 atom stereocenters. The zero-order valence-corrected chi connectivity index (χ0v) is 12.9. The lowest BCUT2D eigenvalue weighted by atomic mass is 10.1. The SMILES string of the molecule is CCN(CC(=O)N(C)CCCN)Cc1ccccc1C. The number of nitrogens with two attached hydrogens (primary N) is 1. The molecule has 2 N–H and O–H groups in total. The van der Waals surface area contributed by atoms with Gasteiger partial charge in [-0.15, -0.1) is 0 Å². The van der Waals surface area contributed by atoms with Gasteiger partial charge in [0.1, 0.15) is 0 Å². The summed E-state index contributed by atoms with van der Waals surface area (Å²) >= 11 is 0. The van der Waals surface area contributed by atoms with Crippen LogP contribution in [0.3, 0.4) is 0 Å². The minimum Gasteiger partial charge on any atom is -0.345 e. The topological polar surface area (TPSA) is 49.6 Å². The second-order valence-corrected chi connectivity index (χ2v) is 5.19. The van der Waals surface area contributed by atoms with Crippen LogP contribution in [0.1, 0.15) is 24.5 Å².